The van der Waals surface area contributed by atoms with Gasteiger partial charge in [0, 0.05) is 23.1 Å². The first kappa shape index (κ1) is 16.0. The fourth-order valence-corrected chi connectivity index (χ4v) is 2.25. The van der Waals surface area contributed by atoms with Crippen molar-refractivity contribution in [2.24, 2.45) is 0 Å². The molecule has 0 saturated carbocycles. The number of hydrogen-bond acceptors (Lipinski definition) is 4. The molecule has 2 aromatic heterocycles. The molecule has 0 saturated heterocycles. The van der Waals surface area contributed by atoms with Gasteiger partial charge in [0.1, 0.15) is 5.82 Å². The number of nitrogens with one attached hydrogen (secondary N) is 2. The highest BCUT2D eigenvalue weighted by Gasteiger charge is 2.06. The van der Waals surface area contributed by atoms with Gasteiger partial charge < -0.3 is 10.6 Å². The highest BCUT2D eigenvalue weighted by atomic mass is 35.5. The van der Waals surface area contributed by atoms with Crippen LogP contribution in [0.1, 0.15) is 15.9 Å². The molecule has 0 unspecified atom stereocenters. The zero-order valence-corrected chi connectivity index (χ0v) is 13.7. The van der Waals surface area contributed by atoms with E-state index in [1.165, 1.54) is 6.20 Å². The number of halogens is 1. The van der Waals surface area contributed by atoms with Crippen LogP contribution in [0, 0.1) is 6.92 Å². The van der Waals surface area contributed by atoms with Crippen LogP contribution in [0.3, 0.4) is 0 Å². The number of carbonyl (C=O) groups is 1. The maximum atomic E-state index is 12.0. The Balaban J connectivity index is 1.67. The van der Waals surface area contributed by atoms with Crippen molar-refractivity contribution < 1.29 is 4.79 Å². The molecule has 0 aliphatic carbocycles. The van der Waals surface area contributed by atoms with E-state index in [0.717, 1.165) is 16.9 Å². The SMILES string of the molecule is Cc1ccc(Nc2ccc(NC(=O)c3cccnc3)nc2)cc1Cl. The summed E-state index contributed by atoms with van der Waals surface area (Å²) in [6, 6.07) is 12.7. The van der Waals surface area contributed by atoms with Crippen molar-refractivity contribution in [3.8, 4) is 0 Å². The lowest BCUT2D eigenvalue weighted by Gasteiger charge is -2.09. The van der Waals surface area contributed by atoms with E-state index in [1.54, 1.807) is 30.6 Å². The van der Waals surface area contributed by atoms with Crippen molar-refractivity contribution in [3.63, 3.8) is 0 Å². The van der Waals surface area contributed by atoms with Crippen LogP contribution in [0.25, 0.3) is 0 Å². The van der Waals surface area contributed by atoms with Gasteiger partial charge in [-0.15, -0.1) is 0 Å². The minimum absolute atomic E-state index is 0.248. The van der Waals surface area contributed by atoms with Crippen LogP contribution < -0.4 is 10.6 Å². The van der Waals surface area contributed by atoms with E-state index in [0.29, 0.717) is 16.4 Å². The van der Waals surface area contributed by atoms with Crippen molar-refractivity contribution in [3.05, 3.63) is 77.2 Å². The second-order valence-electron chi connectivity index (χ2n) is 5.22. The van der Waals surface area contributed by atoms with E-state index < -0.39 is 0 Å². The minimum atomic E-state index is -0.248. The summed E-state index contributed by atoms with van der Waals surface area (Å²) in [5.74, 6) is 0.220. The molecule has 0 radical (unpaired) electrons. The molecule has 5 nitrogen and oxygen atoms in total. The molecule has 0 bridgehead atoms. The Kier molecular flexibility index (Phi) is 4.72. The third kappa shape index (κ3) is 3.88. The largest absolute Gasteiger partial charge is 0.354 e. The summed E-state index contributed by atoms with van der Waals surface area (Å²) in [6.07, 6.45) is 4.77. The van der Waals surface area contributed by atoms with Crippen molar-refractivity contribution in [2.45, 2.75) is 6.92 Å². The molecule has 2 heterocycles. The number of aromatic nitrogens is 2. The zero-order valence-electron chi connectivity index (χ0n) is 13.0. The molecule has 3 rings (SSSR count). The highest BCUT2D eigenvalue weighted by molar-refractivity contribution is 6.31. The Hall–Kier alpha value is -2.92. The predicted octanol–water partition coefficient (Wildman–Crippen LogP) is 4.43. The fraction of sp³-hybridized carbons (Fsp3) is 0.0556. The van der Waals surface area contributed by atoms with Crippen LogP contribution in [0.5, 0.6) is 0 Å². The van der Waals surface area contributed by atoms with Gasteiger partial charge in [0.05, 0.1) is 17.4 Å². The van der Waals surface area contributed by atoms with Crippen molar-refractivity contribution in [1.82, 2.24) is 9.97 Å². The van der Waals surface area contributed by atoms with Crippen LogP contribution in [0.15, 0.2) is 61.1 Å². The minimum Gasteiger partial charge on any atom is -0.354 e. The molecule has 6 heteroatoms. The Labute approximate surface area is 144 Å². The van der Waals surface area contributed by atoms with E-state index in [4.69, 9.17) is 11.6 Å². The molecule has 2 N–H and O–H groups in total. The lowest BCUT2D eigenvalue weighted by Crippen LogP contribution is -2.13. The molecule has 1 aromatic carbocycles. The van der Waals surface area contributed by atoms with Gasteiger partial charge in [0.15, 0.2) is 0 Å². The average molecular weight is 339 g/mol. The van der Waals surface area contributed by atoms with E-state index >= 15 is 0 Å². The molecule has 1 amide bonds. The molecule has 0 aliphatic rings. The summed E-state index contributed by atoms with van der Waals surface area (Å²) in [5.41, 5.74) is 3.18. The quantitative estimate of drug-likeness (QED) is 0.738. The average Bonchev–Trinajstić information content (AvgIpc) is 2.61. The lowest BCUT2D eigenvalue weighted by molar-refractivity contribution is 0.102. The molecule has 24 heavy (non-hydrogen) atoms. The van der Waals surface area contributed by atoms with Gasteiger partial charge >= 0.3 is 0 Å². The molecule has 3 aromatic rings. The third-order valence-corrected chi connectivity index (χ3v) is 3.80. The number of carbonyl (C=O) groups excluding carboxylic acids is 1. The predicted molar refractivity (Wildman–Crippen MR) is 95.9 cm³/mol. The van der Waals surface area contributed by atoms with E-state index in [1.807, 2.05) is 31.2 Å². The van der Waals surface area contributed by atoms with Crippen molar-refractivity contribution >= 4 is 34.7 Å². The summed E-state index contributed by atoms with van der Waals surface area (Å²) >= 11 is 6.11. The monoisotopic (exact) mass is 338 g/mol. The number of aryl methyl sites for hydroxylation is 1. The first-order valence-corrected chi connectivity index (χ1v) is 7.70. The summed E-state index contributed by atoms with van der Waals surface area (Å²) in [4.78, 5) is 20.2. The second kappa shape index (κ2) is 7.10. The topological polar surface area (TPSA) is 66.9 Å². The van der Waals surface area contributed by atoms with Gasteiger partial charge in [-0.25, -0.2) is 4.98 Å². The van der Waals surface area contributed by atoms with E-state index in [9.17, 15) is 4.79 Å². The van der Waals surface area contributed by atoms with E-state index in [-0.39, 0.29) is 5.91 Å². The van der Waals surface area contributed by atoms with Crippen molar-refractivity contribution in [2.75, 3.05) is 10.6 Å². The van der Waals surface area contributed by atoms with Gasteiger partial charge in [-0.05, 0) is 48.9 Å². The van der Waals surface area contributed by atoms with Crippen LogP contribution in [-0.2, 0) is 0 Å². The number of pyridine rings is 2. The van der Waals surface area contributed by atoms with E-state index in [2.05, 4.69) is 20.6 Å². The molecular weight excluding hydrogens is 324 g/mol. The zero-order chi connectivity index (χ0) is 16.9. The summed E-state index contributed by atoms with van der Waals surface area (Å²) in [7, 11) is 0. The molecule has 0 fully saturated rings. The Bertz CT molecular complexity index is 851. The number of benzene rings is 1. The first-order chi connectivity index (χ1) is 11.6. The van der Waals surface area contributed by atoms with Crippen LogP contribution >= 0.6 is 11.6 Å². The number of hydrogen-bond donors (Lipinski definition) is 2. The Morgan fingerprint density at radius 3 is 2.58 bits per heavy atom. The van der Waals surface area contributed by atoms with Gasteiger partial charge in [-0.1, -0.05) is 17.7 Å². The molecule has 120 valence electrons. The van der Waals surface area contributed by atoms with Gasteiger partial charge in [-0.3, -0.25) is 9.78 Å². The third-order valence-electron chi connectivity index (χ3n) is 3.39. The molecule has 0 spiro atoms. The molecular formula is C18H15ClN4O. The van der Waals surface area contributed by atoms with Gasteiger partial charge in [-0.2, -0.15) is 0 Å². The van der Waals surface area contributed by atoms with Crippen LogP contribution in [-0.4, -0.2) is 15.9 Å². The Morgan fingerprint density at radius 2 is 1.92 bits per heavy atom. The number of rotatable bonds is 4. The maximum absolute atomic E-state index is 12.0. The summed E-state index contributed by atoms with van der Waals surface area (Å²) < 4.78 is 0. The van der Waals surface area contributed by atoms with Crippen molar-refractivity contribution in [1.29, 1.82) is 0 Å². The standard InChI is InChI=1S/C18H15ClN4O/c1-12-4-5-14(9-16(12)19)22-15-6-7-17(21-11-15)23-18(24)13-3-2-8-20-10-13/h2-11,22H,1H3,(H,21,23,24). The summed E-state index contributed by atoms with van der Waals surface area (Å²) in [6.45, 7) is 1.95. The Morgan fingerprint density at radius 1 is 1.08 bits per heavy atom. The number of anilines is 3. The normalized spacial score (nSPS) is 10.2. The first-order valence-electron chi connectivity index (χ1n) is 7.32. The lowest BCUT2D eigenvalue weighted by atomic mass is 10.2. The smallest absolute Gasteiger partial charge is 0.258 e. The molecule has 0 aliphatic heterocycles. The molecule has 0 atom stereocenters. The number of nitrogens with zero attached hydrogens (tertiary/aromatic N) is 2. The van der Waals surface area contributed by atoms with Gasteiger partial charge in [0.25, 0.3) is 5.91 Å². The van der Waals surface area contributed by atoms with Crippen LogP contribution in [0.4, 0.5) is 17.2 Å². The number of amides is 1. The summed E-state index contributed by atoms with van der Waals surface area (Å²) in [5, 5.41) is 6.64. The fourth-order valence-electron chi connectivity index (χ4n) is 2.06. The second-order valence-corrected chi connectivity index (χ2v) is 5.62. The van der Waals surface area contributed by atoms with Gasteiger partial charge in [0.2, 0.25) is 0 Å². The maximum Gasteiger partial charge on any atom is 0.258 e. The van der Waals surface area contributed by atoms with Crippen LogP contribution in [0.2, 0.25) is 5.02 Å². The highest BCUT2D eigenvalue weighted by Crippen LogP contribution is 2.23.